The van der Waals surface area contributed by atoms with Crippen molar-refractivity contribution in [3.63, 3.8) is 0 Å². The second-order valence-corrected chi connectivity index (χ2v) is 5.78. The lowest BCUT2D eigenvalue weighted by Crippen LogP contribution is -2.29. The van der Waals surface area contributed by atoms with Gasteiger partial charge in [0.1, 0.15) is 12.4 Å². The lowest BCUT2D eigenvalue weighted by Gasteiger charge is -2.14. The van der Waals surface area contributed by atoms with Crippen LogP contribution in [0.15, 0.2) is 48.9 Å². The fraction of sp³-hybridized carbons (Fsp3) is 0.158. The van der Waals surface area contributed by atoms with Gasteiger partial charge in [-0.15, -0.1) is 0 Å². The largest absolute Gasteiger partial charge is 0.342 e. The monoisotopic (exact) mass is 357 g/mol. The van der Waals surface area contributed by atoms with Crippen molar-refractivity contribution >= 4 is 5.91 Å². The fourth-order valence-electron chi connectivity index (χ4n) is 2.56. The van der Waals surface area contributed by atoms with E-state index in [9.17, 15) is 4.79 Å². The molecule has 1 aromatic carbocycles. The fourth-order valence-corrected chi connectivity index (χ4v) is 2.56. The molecule has 0 aliphatic heterocycles. The quantitative estimate of drug-likeness (QED) is 0.746. The van der Waals surface area contributed by atoms with Crippen LogP contribution in [-0.4, -0.2) is 25.7 Å². The number of benzene rings is 1. The molecule has 1 N–H and O–H groups in total. The minimum atomic E-state index is -0.433. The van der Waals surface area contributed by atoms with Crippen LogP contribution in [0.1, 0.15) is 40.3 Å². The second-order valence-electron chi connectivity index (χ2n) is 5.78. The summed E-state index contributed by atoms with van der Waals surface area (Å²) in [5, 5.41) is 24.7. The van der Waals surface area contributed by atoms with Gasteiger partial charge < -0.3 is 5.32 Å². The van der Waals surface area contributed by atoms with Crippen molar-refractivity contribution in [2.75, 3.05) is 0 Å². The van der Waals surface area contributed by atoms with Crippen molar-refractivity contribution in [3.05, 3.63) is 71.4 Å². The maximum Gasteiger partial charge on any atom is 0.251 e. The molecule has 2 heterocycles. The van der Waals surface area contributed by atoms with Crippen LogP contribution in [0.5, 0.6) is 0 Å². The van der Waals surface area contributed by atoms with E-state index in [2.05, 4.69) is 26.5 Å². The van der Waals surface area contributed by atoms with Crippen LogP contribution < -0.4 is 5.32 Å². The first kappa shape index (κ1) is 17.8. The Morgan fingerprint density at radius 1 is 1.26 bits per heavy atom. The van der Waals surface area contributed by atoms with E-state index in [0.717, 1.165) is 5.56 Å². The van der Waals surface area contributed by atoms with Gasteiger partial charge in [-0.05, 0) is 36.8 Å². The van der Waals surface area contributed by atoms with Crippen molar-refractivity contribution < 1.29 is 4.79 Å². The van der Waals surface area contributed by atoms with E-state index in [4.69, 9.17) is 10.5 Å². The SMILES string of the molecule is C[C@H](NC(=O)c1cccc(CC#N)c1)c1ncnn1-c1ccc(C#N)cn1. The first-order chi connectivity index (χ1) is 13.1. The van der Waals surface area contributed by atoms with E-state index >= 15 is 0 Å². The Balaban J connectivity index is 1.79. The third kappa shape index (κ3) is 3.97. The highest BCUT2D eigenvalue weighted by Gasteiger charge is 2.18. The number of nitrogens with one attached hydrogen (secondary N) is 1. The number of carbonyl (C=O) groups excluding carboxylic acids is 1. The van der Waals surface area contributed by atoms with Crippen LogP contribution >= 0.6 is 0 Å². The Hall–Kier alpha value is -4.04. The molecule has 3 rings (SSSR count). The molecule has 0 radical (unpaired) electrons. The van der Waals surface area contributed by atoms with Crippen molar-refractivity contribution in [1.29, 1.82) is 10.5 Å². The molecule has 1 amide bonds. The third-order valence-corrected chi connectivity index (χ3v) is 3.88. The van der Waals surface area contributed by atoms with Crippen LogP contribution in [0.4, 0.5) is 0 Å². The van der Waals surface area contributed by atoms with Crippen molar-refractivity contribution in [3.8, 4) is 18.0 Å². The lowest BCUT2D eigenvalue weighted by atomic mass is 10.1. The van der Waals surface area contributed by atoms with Gasteiger partial charge in [-0.25, -0.2) is 9.97 Å². The Labute approximate surface area is 155 Å². The molecule has 0 aliphatic carbocycles. The average Bonchev–Trinajstić information content (AvgIpc) is 3.18. The van der Waals surface area contributed by atoms with Gasteiger partial charge in [-0.3, -0.25) is 4.79 Å². The number of amides is 1. The van der Waals surface area contributed by atoms with Crippen LogP contribution in [-0.2, 0) is 6.42 Å². The molecule has 0 unspecified atom stereocenters. The molecular formula is C19H15N7O. The third-order valence-electron chi connectivity index (χ3n) is 3.88. The first-order valence-electron chi connectivity index (χ1n) is 8.15. The zero-order valence-corrected chi connectivity index (χ0v) is 14.5. The number of aromatic nitrogens is 4. The number of hydrogen-bond donors (Lipinski definition) is 1. The normalized spacial score (nSPS) is 11.2. The number of pyridine rings is 1. The van der Waals surface area contributed by atoms with E-state index < -0.39 is 6.04 Å². The molecule has 1 atom stereocenters. The molecular weight excluding hydrogens is 342 g/mol. The second kappa shape index (κ2) is 7.89. The number of nitrogens with zero attached hydrogens (tertiary/aromatic N) is 6. The summed E-state index contributed by atoms with van der Waals surface area (Å²) >= 11 is 0. The number of nitriles is 2. The molecule has 0 saturated heterocycles. The highest BCUT2D eigenvalue weighted by Crippen LogP contribution is 2.15. The molecule has 2 aromatic heterocycles. The zero-order chi connectivity index (χ0) is 19.2. The van der Waals surface area contributed by atoms with E-state index in [1.807, 2.05) is 6.07 Å². The molecule has 0 aliphatic rings. The Morgan fingerprint density at radius 2 is 2.11 bits per heavy atom. The van der Waals surface area contributed by atoms with Gasteiger partial charge in [0.2, 0.25) is 0 Å². The van der Waals surface area contributed by atoms with Crippen molar-refractivity contribution in [1.82, 2.24) is 25.1 Å². The molecule has 0 fully saturated rings. The highest BCUT2D eigenvalue weighted by atomic mass is 16.1. The van der Waals surface area contributed by atoms with Gasteiger partial charge in [0.05, 0.1) is 24.1 Å². The molecule has 3 aromatic rings. The van der Waals surface area contributed by atoms with Crippen molar-refractivity contribution in [2.24, 2.45) is 0 Å². The smallest absolute Gasteiger partial charge is 0.251 e. The molecule has 0 bridgehead atoms. The predicted octanol–water partition coefficient (Wildman–Crippen LogP) is 2.09. The minimum Gasteiger partial charge on any atom is -0.342 e. The summed E-state index contributed by atoms with van der Waals surface area (Å²) in [5.74, 6) is 0.733. The molecule has 132 valence electrons. The Morgan fingerprint density at radius 3 is 2.81 bits per heavy atom. The summed E-state index contributed by atoms with van der Waals surface area (Å²) < 4.78 is 1.51. The summed E-state index contributed by atoms with van der Waals surface area (Å²) in [7, 11) is 0. The molecule has 27 heavy (non-hydrogen) atoms. The predicted molar refractivity (Wildman–Crippen MR) is 95.5 cm³/mol. The van der Waals surface area contributed by atoms with Crippen LogP contribution in [0, 0.1) is 22.7 Å². The van der Waals surface area contributed by atoms with Gasteiger partial charge >= 0.3 is 0 Å². The van der Waals surface area contributed by atoms with Crippen LogP contribution in [0.3, 0.4) is 0 Å². The van der Waals surface area contributed by atoms with Gasteiger partial charge in [-0.1, -0.05) is 12.1 Å². The van der Waals surface area contributed by atoms with Gasteiger partial charge in [0.25, 0.3) is 5.91 Å². The van der Waals surface area contributed by atoms with E-state index in [1.54, 1.807) is 43.3 Å². The zero-order valence-electron chi connectivity index (χ0n) is 14.5. The van der Waals surface area contributed by atoms with E-state index in [1.165, 1.54) is 17.2 Å². The Kier molecular flexibility index (Phi) is 5.20. The topological polar surface area (TPSA) is 120 Å². The Bertz CT molecular complexity index is 1040. The van der Waals surface area contributed by atoms with Gasteiger partial charge in [0.15, 0.2) is 11.6 Å². The van der Waals surface area contributed by atoms with Gasteiger partial charge in [0, 0.05) is 11.8 Å². The maximum atomic E-state index is 12.5. The maximum absolute atomic E-state index is 12.5. The van der Waals surface area contributed by atoms with Crippen LogP contribution in [0.2, 0.25) is 0 Å². The lowest BCUT2D eigenvalue weighted by molar-refractivity contribution is 0.0937. The van der Waals surface area contributed by atoms with E-state index in [-0.39, 0.29) is 12.3 Å². The number of hydrogen-bond acceptors (Lipinski definition) is 6. The molecule has 0 saturated carbocycles. The van der Waals surface area contributed by atoms with Crippen molar-refractivity contribution in [2.45, 2.75) is 19.4 Å². The average molecular weight is 357 g/mol. The summed E-state index contributed by atoms with van der Waals surface area (Å²) in [6.07, 6.45) is 3.07. The summed E-state index contributed by atoms with van der Waals surface area (Å²) in [6.45, 7) is 1.79. The van der Waals surface area contributed by atoms with Gasteiger partial charge in [-0.2, -0.15) is 20.3 Å². The first-order valence-corrected chi connectivity index (χ1v) is 8.15. The molecule has 8 nitrogen and oxygen atoms in total. The summed E-state index contributed by atoms with van der Waals surface area (Å²) in [6, 6.07) is 13.9. The van der Waals surface area contributed by atoms with E-state index in [0.29, 0.717) is 22.8 Å². The summed E-state index contributed by atoms with van der Waals surface area (Å²) in [4.78, 5) is 21.0. The number of rotatable bonds is 5. The minimum absolute atomic E-state index is 0.245. The summed E-state index contributed by atoms with van der Waals surface area (Å²) in [5.41, 5.74) is 1.69. The highest BCUT2D eigenvalue weighted by molar-refractivity contribution is 5.94. The number of carbonyl (C=O) groups is 1. The molecule has 8 heteroatoms. The standard InChI is InChI=1S/C19H15N7O/c1-13(25-19(27)16-4-2-3-14(9-16)7-8-20)18-23-12-24-26(18)17-6-5-15(10-21)11-22-17/h2-6,9,11-13H,7H2,1H3,(H,25,27)/t13-/m0/s1. The molecule has 0 spiro atoms. The van der Waals surface area contributed by atoms with Crippen LogP contribution in [0.25, 0.3) is 5.82 Å².